The lowest BCUT2D eigenvalue weighted by Crippen LogP contribution is -2.48. The molecule has 1 unspecified atom stereocenters. The SMILES string of the molecule is CC(=O)C(C(C)C)C(F)(F)C(F)(F)F.FCOC(C(F)(F)F)C(F)(F)F. The van der Waals surface area contributed by atoms with Crippen LogP contribution in [0.5, 0.6) is 0 Å². The minimum Gasteiger partial charge on any atom is -0.329 e. The van der Waals surface area contributed by atoms with Gasteiger partial charge in [0.25, 0.3) is 6.10 Å². The van der Waals surface area contributed by atoms with Crippen LogP contribution < -0.4 is 0 Å². The largest absolute Gasteiger partial charge is 0.454 e. The van der Waals surface area contributed by atoms with Gasteiger partial charge in [-0.05, 0) is 12.8 Å². The Morgan fingerprint density at radius 2 is 1.19 bits per heavy atom. The number of alkyl halides is 12. The van der Waals surface area contributed by atoms with E-state index in [1.807, 2.05) is 0 Å². The third-order valence-corrected chi connectivity index (χ3v) is 2.70. The summed E-state index contributed by atoms with van der Waals surface area (Å²) >= 11 is 0. The molecule has 0 saturated carbocycles. The van der Waals surface area contributed by atoms with Gasteiger partial charge in [0.1, 0.15) is 5.78 Å². The van der Waals surface area contributed by atoms with Gasteiger partial charge in [-0.1, -0.05) is 13.8 Å². The first-order valence-electron chi connectivity index (χ1n) is 6.47. The zero-order valence-electron chi connectivity index (χ0n) is 13.3. The van der Waals surface area contributed by atoms with Crippen LogP contribution in [-0.4, -0.2) is 43.2 Å². The van der Waals surface area contributed by atoms with Crippen LogP contribution >= 0.6 is 0 Å². The van der Waals surface area contributed by atoms with E-state index in [1.54, 1.807) is 0 Å². The number of Topliss-reactive ketones (excluding diaryl/α,β-unsaturated/α-hetero) is 1. The van der Waals surface area contributed by atoms with Gasteiger partial charge < -0.3 is 4.74 Å². The van der Waals surface area contributed by atoms with Crippen molar-refractivity contribution in [3.8, 4) is 0 Å². The van der Waals surface area contributed by atoms with Crippen LogP contribution in [0, 0.1) is 11.8 Å². The molecule has 158 valence electrons. The van der Waals surface area contributed by atoms with Gasteiger partial charge in [-0.15, -0.1) is 0 Å². The van der Waals surface area contributed by atoms with Crippen molar-refractivity contribution in [1.82, 2.24) is 0 Å². The van der Waals surface area contributed by atoms with Crippen LogP contribution in [0.25, 0.3) is 0 Å². The molecule has 0 aliphatic carbocycles. The van der Waals surface area contributed by atoms with Crippen LogP contribution in [0.3, 0.4) is 0 Å². The summed E-state index contributed by atoms with van der Waals surface area (Å²) in [6.07, 6.45) is -21.0. The molecule has 0 heterocycles. The maximum atomic E-state index is 12.8. The van der Waals surface area contributed by atoms with Crippen molar-refractivity contribution >= 4 is 5.78 Å². The van der Waals surface area contributed by atoms with E-state index in [9.17, 15) is 57.5 Å². The molecule has 0 aromatic rings. The quantitative estimate of drug-likeness (QED) is 0.554. The van der Waals surface area contributed by atoms with Crippen LogP contribution in [0.1, 0.15) is 20.8 Å². The molecule has 0 fully saturated rings. The standard InChI is InChI=1S/C8H11F5O.C4H3F7O/c1-4(2)6(5(3)14)7(9,10)8(11,12)13;5-1-12-2(3(6,7)8)4(9,10)11/h4,6H,1-3H3;2H,1H2. The molecule has 26 heavy (non-hydrogen) atoms. The Morgan fingerprint density at radius 3 is 1.27 bits per heavy atom. The van der Waals surface area contributed by atoms with E-state index in [0.717, 1.165) is 20.8 Å². The summed E-state index contributed by atoms with van der Waals surface area (Å²) in [6, 6.07) is 0. The highest BCUT2D eigenvalue weighted by Crippen LogP contribution is 2.44. The van der Waals surface area contributed by atoms with E-state index in [-0.39, 0.29) is 0 Å². The number of halogens is 12. The number of ketones is 1. The summed E-state index contributed by atoms with van der Waals surface area (Å²) in [5.74, 6) is -9.46. The van der Waals surface area contributed by atoms with E-state index >= 15 is 0 Å². The fourth-order valence-corrected chi connectivity index (χ4v) is 1.76. The Morgan fingerprint density at radius 1 is 0.846 bits per heavy atom. The summed E-state index contributed by atoms with van der Waals surface area (Å²) < 4.78 is 143. The van der Waals surface area contributed by atoms with Gasteiger partial charge in [-0.25, -0.2) is 4.39 Å². The first-order valence-corrected chi connectivity index (χ1v) is 6.47. The molecule has 2 nitrogen and oxygen atoms in total. The van der Waals surface area contributed by atoms with Crippen molar-refractivity contribution in [3.63, 3.8) is 0 Å². The molecule has 0 radical (unpaired) electrons. The van der Waals surface area contributed by atoms with Crippen molar-refractivity contribution in [2.24, 2.45) is 11.8 Å². The second kappa shape index (κ2) is 9.13. The molecule has 0 aromatic heterocycles. The van der Waals surface area contributed by atoms with Crippen molar-refractivity contribution < 1.29 is 62.2 Å². The minimum atomic E-state index is -5.67. The minimum absolute atomic E-state index is 0.740. The van der Waals surface area contributed by atoms with Gasteiger partial charge in [0, 0.05) is 0 Å². The number of ether oxygens (including phenoxy) is 1. The second-order valence-electron chi connectivity index (χ2n) is 5.19. The average Bonchev–Trinajstić information content (AvgIpc) is 2.30. The van der Waals surface area contributed by atoms with Gasteiger partial charge in [0.15, 0.2) is 6.86 Å². The highest BCUT2D eigenvalue weighted by atomic mass is 19.4. The van der Waals surface area contributed by atoms with Crippen LogP contribution in [0.4, 0.5) is 52.7 Å². The molecule has 14 heteroatoms. The number of hydrogen-bond acceptors (Lipinski definition) is 2. The first kappa shape index (κ1) is 27.0. The Kier molecular flexibility index (Phi) is 9.48. The van der Waals surface area contributed by atoms with Crippen molar-refractivity contribution in [1.29, 1.82) is 0 Å². The molecular weight excluding hydrogens is 404 g/mol. The highest BCUT2D eigenvalue weighted by molar-refractivity contribution is 5.79. The number of carbonyl (C=O) groups is 1. The maximum Gasteiger partial charge on any atom is 0.454 e. The van der Waals surface area contributed by atoms with E-state index in [0.29, 0.717) is 0 Å². The molecule has 0 aromatic carbocycles. The van der Waals surface area contributed by atoms with Crippen LogP contribution in [0.2, 0.25) is 0 Å². The zero-order chi connectivity index (χ0) is 21.7. The van der Waals surface area contributed by atoms with E-state index in [2.05, 4.69) is 4.74 Å². The molecule has 0 aliphatic heterocycles. The molecule has 0 bridgehead atoms. The predicted molar refractivity (Wildman–Crippen MR) is 63.0 cm³/mol. The highest BCUT2D eigenvalue weighted by Gasteiger charge is 2.64. The third-order valence-electron chi connectivity index (χ3n) is 2.70. The third kappa shape index (κ3) is 7.99. The smallest absolute Gasteiger partial charge is 0.329 e. The van der Waals surface area contributed by atoms with Crippen LogP contribution in [0.15, 0.2) is 0 Å². The lowest BCUT2D eigenvalue weighted by Gasteiger charge is -2.29. The summed E-state index contributed by atoms with van der Waals surface area (Å²) in [4.78, 5) is 10.7. The average molecular weight is 418 g/mol. The number of rotatable bonds is 5. The zero-order valence-corrected chi connectivity index (χ0v) is 13.3. The van der Waals surface area contributed by atoms with Gasteiger partial charge in [-0.2, -0.15) is 48.3 Å². The second-order valence-corrected chi connectivity index (χ2v) is 5.19. The molecule has 0 N–H and O–H groups in total. The Bertz CT molecular complexity index is 421. The van der Waals surface area contributed by atoms with Crippen molar-refractivity contribution in [3.05, 3.63) is 0 Å². The van der Waals surface area contributed by atoms with Gasteiger partial charge in [-0.3, -0.25) is 4.79 Å². The topological polar surface area (TPSA) is 26.3 Å². The van der Waals surface area contributed by atoms with Gasteiger partial charge >= 0.3 is 24.5 Å². The van der Waals surface area contributed by atoms with Crippen molar-refractivity contribution in [2.75, 3.05) is 6.86 Å². The molecule has 0 saturated heterocycles. The molecule has 0 amide bonds. The lowest BCUT2D eigenvalue weighted by atomic mass is 9.86. The fraction of sp³-hybridized carbons (Fsp3) is 0.917. The summed E-state index contributed by atoms with van der Waals surface area (Å²) in [6.45, 7) is 0.922. The summed E-state index contributed by atoms with van der Waals surface area (Å²) in [5, 5.41) is 0. The van der Waals surface area contributed by atoms with Crippen LogP contribution in [-0.2, 0) is 9.53 Å². The van der Waals surface area contributed by atoms with Gasteiger partial charge in [0.05, 0.1) is 5.92 Å². The Labute approximate surface area is 139 Å². The molecular formula is C12H14F12O2. The fourth-order valence-electron chi connectivity index (χ4n) is 1.76. The molecule has 0 rings (SSSR count). The molecule has 0 aliphatic rings. The number of hydrogen-bond donors (Lipinski definition) is 0. The summed E-state index contributed by atoms with van der Waals surface area (Å²) in [5.41, 5.74) is 0. The molecule has 1 atom stereocenters. The van der Waals surface area contributed by atoms with Crippen molar-refractivity contribution in [2.45, 2.75) is 51.3 Å². The first-order chi connectivity index (χ1) is 11.2. The predicted octanol–water partition coefficient (Wildman–Crippen LogP) is 5.47. The van der Waals surface area contributed by atoms with E-state index in [1.165, 1.54) is 0 Å². The summed E-state index contributed by atoms with van der Waals surface area (Å²) in [7, 11) is 0. The normalized spacial score (nSPS) is 15.0. The maximum absolute atomic E-state index is 12.8. The lowest BCUT2D eigenvalue weighted by molar-refractivity contribution is -0.327. The Hall–Kier alpha value is -1.21. The Balaban J connectivity index is 0. The number of carbonyl (C=O) groups excluding carboxylic acids is 1. The monoisotopic (exact) mass is 418 g/mol. The van der Waals surface area contributed by atoms with E-state index < -0.39 is 55.0 Å². The van der Waals surface area contributed by atoms with Gasteiger partial charge in [0.2, 0.25) is 0 Å². The van der Waals surface area contributed by atoms with E-state index in [4.69, 9.17) is 0 Å². The molecule has 0 spiro atoms.